The minimum Gasteiger partial charge on any atom is -0.493 e. The molecule has 2 fully saturated rings. The molecule has 1 N–H and O–H groups in total. The zero-order chi connectivity index (χ0) is 16.9. The Hall–Kier alpha value is -1.26. The maximum Gasteiger partial charge on any atom is 0.226 e. The summed E-state index contributed by atoms with van der Waals surface area (Å²) in [6.07, 6.45) is 2.79. The van der Waals surface area contributed by atoms with Gasteiger partial charge in [0.15, 0.2) is 0 Å². The molecule has 1 aromatic carbocycles. The molecule has 3 rings (SSSR count). The van der Waals surface area contributed by atoms with E-state index in [1.165, 1.54) is 0 Å². The number of fused-ring (bicyclic) bond motifs is 1. The summed E-state index contributed by atoms with van der Waals surface area (Å²) in [4.78, 5) is 14.7. The summed E-state index contributed by atoms with van der Waals surface area (Å²) < 4.78 is 5.70. The molecule has 140 valence electrons. The van der Waals surface area contributed by atoms with E-state index in [0.29, 0.717) is 12.3 Å². The van der Waals surface area contributed by atoms with Gasteiger partial charge in [-0.05, 0) is 61.4 Å². The van der Waals surface area contributed by atoms with Gasteiger partial charge in [-0.25, -0.2) is 0 Å². The van der Waals surface area contributed by atoms with Crippen molar-refractivity contribution in [3.05, 3.63) is 29.8 Å². The highest BCUT2D eigenvalue weighted by atomic mass is 35.5. The Labute approximate surface area is 157 Å². The largest absolute Gasteiger partial charge is 0.493 e. The number of hydrogen-bond acceptors (Lipinski definition) is 3. The number of halogens is 1. The monoisotopic (exact) mass is 366 g/mol. The molecule has 2 atom stereocenters. The summed E-state index contributed by atoms with van der Waals surface area (Å²) >= 11 is 0. The van der Waals surface area contributed by atoms with Crippen molar-refractivity contribution < 1.29 is 9.53 Å². The van der Waals surface area contributed by atoms with Crippen LogP contribution in [-0.2, 0) is 11.2 Å². The number of rotatable bonds is 5. The lowest BCUT2D eigenvalue weighted by atomic mass is 9.92. The number of likely N-dealkylation sites (tertiary alicyclic amines) is 1. The zero-order valence-corrected chi connectivity index (χ0v) is 16.2. The normalized spacial score (nSPS) is 22.9. The second-order valence-electron chi connectivity index (χ2n) is 7.66. The van der Waals surface area contributed by atoms with E-state index in [0.717, 1.165) is 68.8 Å². The molecule has 2 saturated heterocycles. The number of carbonyl (C=O) groups excluding carboxylic acids is 1. The molecule has 0 spiro atoms. The smallest absolute Gasteiger partial charge is 0.226 e. The molecular weight excluding hydrogens is 336 g/mol. The van der Waals surface area contributed by atoms with Crippen LogP contribution in [0.5, 0.6) is 5.75 Å². The predicted octanol–water partition coefficient (Wildman–Crippen LogP) is 3.14. The predicted molar refractivity (Wildman–Crippen MR) is 103 cm³/mol. The third-order valence-corrected chi connectivity index (χ3v) is 5.23. The summed E-state index contributed by atoms with van der Waals surface area (Å²) in [5.41, 5.74) is 1.07. The molecule has 0 saturated carbocycles. The van der Waals surface area contributed by atoms with Gasteiger partial charge in [0.25, 0.3) is 0 Å². The van der Waals surface area contributed by atoms with Gasteiger partial charge in [-0.2, -0.15) is 0 Å². The number of carbonyl (C=O) groups is 1. The van der Waals surface area contributed by atoms with Crippen LogP contribution in [0.1, 0.15) is 32.3 Å². The molecule has 0 radical (unpaired) electrons. The highest BCUT2D eigenvalue weighted by molar-refractivity contribution is 5.85. The van der Waals surface area contributed by atoms with Crippen LogP contribution in [0.25, 0.3) is 0 Å². The Morgan fingerprint density at radius 1 is 1.16 bits per heavy atom. The lowest BCUT2D eigenvalue weighted by molar-refractivity contribution is -0.130. The van der Waals surface area contributed by atoms with Gasteiger partial charge in [0, 0.05) is 13.1 Å². The number of nitrogens with zero attached hydrogens (tertiary/aromatic N) is 1. The second kappa shape index (κ2) is 9.44. The standard InChI is InChI=1S/C20H30N2O2.ClH/c1-15(2)14-24-19-5-3-16(4-6-19)11-20(23)22-9-7-17-12-21-13-18(17)8-10-22;/h3-6,15,17-18,21H,7-14H2,1-2H3;1H/t17-,18+;. The fraction of sp³-hybridized carbons (Fsp3) is 0.650. The molecule has 1 aromatic rings. The lowest BCUT2D eigenvalue weighted by Gasteiger charge is -2.21. The maximum atomic E-state index is 12.6. The first-order valence-electron chi connectivity index (χ1n) is 9.32. The van der Waals surface area contributed by atoms with E-state index in [1.54, 1.807) is 0 Å². The molecular formula is C20H31ClN2O2. The Morgan fingerprint density at radius 2 is 1.76 bits per heavy atom. The minimum absolute atomic E-state index is 0. The number of benzene rings is 1. The van der Waals surface area contributed by atoms with Crippen LogP contribution in [0.2, 0.25) is 0 Å². The van der Waals surface area contributed by atoms with Crippen LogP contribution in [0.3, 0.4) is 0 Å². The van der Waals surface area contributed by atoms with Crippen molar-refractivity contribution in [2.75, 3.05) is 32.8 Å². The van der Waals surface area contributed by atoms with Crippen molar-refractivity contribution in [3.8, 4) is 5.75 Å². The fourth-order valence-electron chi connectivity index (χ4n) is 3.72. The van der Waals surface area contributed by atoms with Gasteiger partial charge in [-0.1, -0.05) is 26.0 Å². The molecule has 0 aliphatic carbocycles. The van der Waals surface area contributed by atoms with Crippen LogP contribution in [0.15, 0.2) is 24.3 Å². The molecule has 1 amide bonds. The Bertz CT molecular complexity index is 533. The third kappa shape index (κ3) is 5.61. The van der Waals surface area contributed by atoms with E-state index in [9.17, 15) is 4.79 Å². The average molecular weight is 367 g/mol. The topological polar surface area (TPSA) is 41.6 Å². The summed E-state index contributed by atoms with van der Waals surface area (Å²) in [5, 5.41) is 3.48. The molecule has 25 heavy (non-hydrogen) atoms. The molecule has 0 aromatic heterocycles. The van der Waals surface area contributed by atoms with E-state index >= 15 is 0 Å². The van der Waals surface area contributed by atoms with Crippen molar-refractivity contribution >= 4 is 18.3 Å². The highest BCUT2D eigenvalue weighted by Crippen LogP contribution is 2.27. The van der Waals surface area contributed by atoms with Crippen LogP contribution in [0.4, 0.5) is 0 Å². The van der Waals surface area contributed by atoms with Crippen molar-refractivity contribution in [1.29, 1.82) is 0 Å². The van der Waals surface area contributed by atoms with E-state index in [-0.39, 0.29) is 18.3 Å². The van der Waals surface area contributed by atoms with E-state index in [4.69, 9.17) is 4.74 Å². The summed E-state index contributed by atoms with van der Waals surface area (Å²) in [6, 6.07) is 7.99. The van der Waals surface area contributed by atoms with Crippen LogP contribution in [0, 0.1) is 17.8 Å². The van der Waals surface area contributed by atoms with Gasteiger partial charge in [0.1, 0.15) is 5.75 Å². The number of amides is 1. The van der Waals surface area contributed by atoms with E-state index < -0.39 is 0 Å². The Balaban J connectivity index is 0.00000225. The third-order valence-electron chi connectivity index (χ3n) is 5.23. The van der Waals surface area contributed by atoms with Crippen molar-refractivity contribution in [2.24, 2.45) is 17.8 Å². The zero-order valence-electron chi connectivity index (χ0n) is 15.4. The second-order valence-corrected chi connectivity index (χ2v) is 7.66. The van der Waals surface area contributed by atoms with E-state index in [1.807, 2.05) is 24.3 Å². The number of hydrogen-bond donors (Lipinski definition) is 1. The van der Waals surface area contributed by atoms with Crippen molar-refractivity contribution in [3.63, 3.8) is 0 Å². The van der Waals surface area contributed by atoms with Crippen LogP contribution in [-0.4, -0.2) is 43.6 Å². The van der Waals surface area contributed by atoms with E-state index in [2.05, 4.69) is 24.1 Å². The quantitative estimate of drug-likeness (QED) is 0.870. The number of nitrogens with one attached hydrogen (secondary N) is 1. The molecule has 2 heterocycles. The van der Waals surface area contributed by atoms with Crippen LogP contribution >= 0.6 is 12.4 Å². The molecule has 0 bridgehead atoms. The summed E-state index contributed by atoms with van der Waals surface area (Å²) in [5.74, 6) is 3.19. The van der Waals surface area contributed by atoms with Gasteiger partial charge >= 0.3 is 0 Å². The van der Waals surface area contributed by atoms with Crippen molar-refractivity contribution in [2.45, 2.75) is 33.1 Å². The minimum atomic E-state index is 0. The molecule has 2 aliphatic rings. The average Bonchev–Trinajstić information content (AvgIpc) is 2.92. The first-order chi connectivity index (χ1) is 11.6. The lowest BCUT2D eigenvalue weighted by Crippen LogP contribution is -2.33. The molecule has 4 nitrogen and oxygen atoms in total. The van der Waals surface area contributed by atoms with Gasteiger partial charge in [-0.3, -0.25) is 4.79 Å². The SMILES string of the molecule is CC(C)COc1ccc(CC(=O)N2CC[C@@H]3CNC[C@@H]3CC2)cc1.Cl. The van der Waals surface area contributed by atoms with Gasteiger partial charge < -0.3 is 15.0 Å². The number of ether oxygens (including phenoxy) is 1. The fourth-order valence-corrected chi connectivity index (χ4v) is 3.72. The Morgan fingerprint density at radius 3 is 2.32 bits per heavy atom. The summed E-state index contributed by atoms with van der Waals surface area (Å²) in [7, 11) is 0. The first-order valence-corrected chi connectivity index (χ1v) is 9.32. The molecule has 2 aliphatic heterocycles. The van der Waals surface area contributed by atoms with Crippen LogP contribution < -0.4 is 10.1 Å². The molecule has 0 unspecified atom stereocenters. The van der Waals surface area contributed by atoms with Crippen molar-refractivity contribution in [1.82, 2.24) is 10.2 Å². The highest BCUT2D eigenvalue weighted by Gasteiger charge is 2.31. The summed E-state index contributed by atoms with van der Waals surface area (Å²) in [6.45, 7) is 9.09. The maximum absolute atomic E-state index is 12.6. The van der Waals surface area contributed by atoms with Gasteiger partial charge in [0.2, 0.25) is 5.91 Å². The Kier molecular flexibility index (Phi) is 7.57. The van der Waals surface area contributed by atoms with Gasteiger partial charge in [0.05, 0.1) is 13.0 Å². The molecule has 5 heteroatoms. The van der Waals surface area contributed by atoms with Gasteiger partial charge in [-0.15, -0.1) is 12.4 Å². The first kappa shape index (κ1) is 20.1.